The summed E-state index contributed by atoms with van der Waals surface area (Å²) in [6, 6.07) is 7.34. The molecule has 2 unspecified atom stereocenters. The monoisotopic (exact) mass is 291 g/mol. The first-order valence-electron chi connectivity index (χ1n) is 7.28. The van der Waals surface area contributed by atoms with Crippen molar-refractivity contribution in [3.05, 3.63) is 29.8 Å². The number of nitrogens with one attached hydrogen (secondary N) is 1. The Labute approximate surface area is 124 Å². The number of carbonyl (C=O) groups is 2. The molecule has 1 heterocycles. The SMILES string of the molecule is CC1CC(C(=O)Nc2ccc(CCC(=O)O)cc2)CCO1. The van der Waals surface area contributed by atoms with Gasteiger partial charge >= 0.3 is 5.97 Å². The van der Waals surface area contributed by atoms with Crippen molar-refractivity contribution < 1.29 is 19.4 Å². The molecule has 0 spiro atoms. The largest absolute Gasteiger partial charge is 0.481 e. The summed E-state index contributed by atoms with van der Waals surface area (Å²) in [5.41, 5.74) is 1.70. The molecule has 2 rings (SSSR count). The molecule has 21 heavy (non-hydrogen) atoms. The number of amides is 1. The van der Waals surface area contributed by atoms with Crippen LogP contribution in [0.3, 0.4) is 0 Å². The fraction of sp³-hybridized carbons (Fsp3) is 0.500. The Morgan fingerprint density at radius 2 is 2.05 bits per heavy atom. The second-order valence-electron chi connectivity index (χ2n) is 5.48. The molecule has 1 saturated heterocycles. The summed E-state index contributed by atoms with van der Waals surface area (Å²) in [5.74, 6) is -0.773. The predicted molar refractivity (Wildman–Crippen MR) is 79.2 cm³/mol. The van der Waals surface area contributed by atoms with E-state index in [4.69, 9.17) is 9.84 Å². The van der Waals surface area contributed by atoms with Gasteiger partial charge in [-0.1, -0.05) is 12.1 Å². The summed E-state index contributed by atoms with van der Waals surface area (Å²) >= 11 is 0. The van der Waals surface area contributed by atoms with Crippen molar-refractivity contribution in [2.24, 2.45) is 5.92 Å². The van der Waals surface area contributed by atoms with Gasteiger partial charge < -0.3 is 15.2 Å². The van der Waals surface area contributed by atoms with E-state index >= 15 is 0 Å². The van der Waals surface area contributed by atoms with Crippen molar-refractivity contribution in [2.45, 2.75) is 38.7 Å². The molecule has 5 nitrogen and oxygen atoms in total. The Morgan fingerprint density at radius 1 is 1.33 bits per heavy atom. The lowest BCUT2D eigenvalue weighted by Crippen LogP contribution is -2.32. The Balaban J connectivity index is 1.87. The molecule has 1 fully saturated rings. The number of hydrogen-bond donors (Lipinski definition) is 2. The van der Waals surface area contributed by atoms with E-state index in [1.807, 2.05) is 31.2 Å². The van der Waals surface area contributed by atoms with E-state index in [0.717, 1.165) is 24.1 Å². The standard InChI is InChI=1S/C16H21NO4/c1-11-10-13(8-9-21-11)16(20)17-14-5-2-12(3-6-14)4-7-15(18)19/h2-3,5-6,11,13H,4,7-10H2,1H3,(H,17,20)(H,18,19). The number of carbonyl (C=O) groups excluding carboxylic acids is 1. The second kappa shape index (κ2) is 7.22. The molecule has 2 atom stereocenters. The van der Waals surface area contributed by atoms with Crippen molar-refractivity contribution in [3.8, 4) is 0 Å². The minimum atomic E-state index is -0.805. The zero-order chi connectivity index (χ0) is 15.2. The van der Waals surface area contributed by atoms with Crippen molar-refractivity contribution in [3.63, 3.8) is 0 Å². The highest BCUT2D eigenvalue weighted by molar-refractivity contribution is 5.92. The average molecular weight is 291 g/mol. The van der Waals surface area contributed by atoms with Crippen LogP contribution in [-0.4, -0.2) is 29.7 Å². The number of ether oxygens (including phenoxy) is 1. The molecule has 0 bridgehead atoms. The normalized spacial score (nSPS) is 21.8. The highest BCUT2D eigenvalue weighted by Crippen LogP contribution is 2.22. The van der Waals surface area contributed by atoms with E-state index in [-0.39, 0.29) is 24.3 Å². The maximum atomic E-state index is 12.2. The summed E-state index contributed by atoms with van der Waals surface area (Å²) in [6.07, 6.45) is 2.26. The van der Waals surface area contributed by atoms with Crippen LogP contribution in [0.15, 0.2) is 24.3 Å². The lowest BCUT2D eigenvalue weighted by molar-refractivity contribution is -0.137. The number of anilines is 1. The summed E-state index contributed by atoms with van der Waals surface area (Å²) in [4.78, 5) is 22.7. The van der Waals surface area contributed by atoms with Gasteiger partial charge in [-0.2, -0.15) is 0 Å². The van der Waals surface area contributed by atoms with Crippen molar-refractivity contribution >= 4 is 17.6 Å². The fourth-order valence-corrected chi connectivity index (χ4v) is 2.49. The number of carboxylic acid groups (broad SMARTS) is 1. The van der Waals surface area contributed by atoms with Crippen LogP contribution in [0.1, 0.15) is 31.7 Å². The van der Waals surface area contributed by atoms with E-state index in [2.05, 4.69) is 5.32 Å². The molecule has 114 valence electrons. The van der Waals surface area contributed by atoms with Crippen LogP contribution in [-0.2, 0) is 20.7 Å². The zero-order valence-electron chi connectivity index (χ0n) is 12.2. The third-order valence-electron chi connectivity index (χ3n) is 3.70. The number of rotatable bonds is 5. The Kier molecular flexibility index (Phi) is 5.33. The topological polar surface area (TPSA) is 75.6 Å². The summed E-state index contributed by atoms with van der Waals surface area (Å²) < 4.78 is 5.44. The molecule has 0 saturated carbocycles. The molecule has 1 aliphatic rings. The fourth-order valence-electron chi connectivity index (χ4n) is 2.49. The summed E-state index contributed by atoms with van der Waals surface area (Å²) in [7, 11) is 0. The molecular formula is C16H21NO4. The summed E-state index contributed by atoms with van der Waals surface area (Å²) in [6.45, 7) is 2.62. The van der Waals surface area contributed by atoms with Crippen molar-refractivity contribution in [1.82, 2.24) is 0 Å². The van der Waals surface area contributed by atoms with Crippen LogP contribution in [0.5, 0.6) is 0 Å². The smallest absolute Gasteiger partial charge is 0.303 e. The average Bonchev–Trinajstić information content (AvgIpc) is 2.46. The third kappa shape index (κ3) is 4.86. The maximum absolute atomic E-state index is 12.2. The molecule has 1 aromatic rings. The Hall–Kier alpha value is -1.88. The van der Waals surface area contributed by atoms with Crippen LogP contribution in [0.2, 0.25) is 0 Å². The number of aliphatic carboxylic acids is 1. The lowest BCUT2D eigenvalue weighted by Gasteiger charge is -2.26. The van der Waals surface area contributed by atoms with Crippen LogP contribution >= 0.6 is 0 Å². The predicted octanol–water partition coefficient (Wildman–Crippen LogP) is 2.46. The number of carboxylic acids is 1. The van der Waals surface area contributed by atoms with Crippen molar-refractivity contribution in [2.75, 3.05) is 11.9 Å². The highest BCUT2D eigenvalue weighted by atomic mass is 16.5. The summed E-state index contributed by atoms with van der Waals surface area (Å²) in [5, 5.41) is 11.6. The molecule has 0 aliphatic carbocycles. The second-order valence-corrected chi connectivity index (χ2v) is 5.48. The molecule has 1 amide bonds. The molecule has 1 aromatic carbocycles. The quantitative estimate of drug-likeness (QED) is 0.873. The molecule has 0 radical (unpaired) electrons. The van der Waals surface area contributed by atoms with Gasteiger partial charge in [0.15, 0.2) is 0 Å². The first-order chi connectivity index (χ1) is 10.0. The van der Waals surface area contributed by atoms with Gasteiger partial charge in [-0.25, -0.2) is 0 Å². The Morgan fingerprint density at radius 3 is 2.67 bits per heavy atom. The zero-order valence-corrected chi connectivity index (χ0v) is 12.2. The molecule has 2 N–H and O–H groups in total. The van der Waals surface area contributed by atoms with E-state index < -0.39 is 5.97 Å². The van der Waals surface area contributed by atoms with Gasteiger partial charge in [0, 0.05) is 24.6 Å². The number of benzene rings is 1. The molecular weight excluding hydrogens is 270 g/mol. The van der Waals surface area contributed by atoms with Crippen LogP contribution in [0.4, 0.5) is 5.69 Å². The van der Waals surface area contributed by atoms with Crippen LogP contribution in [0.25, 0.3) is 0 Å². The maximum Gasteiger partial charge on any atom is 0.303 e. The van der Waals surface area contributed by atoms with Gasteiger partial charge in [0.25, 0.3) is 0 Å². The minimum absolute atomic E-state index is 0.000405. The van der Waals surface area contributed by atoms with Gasteiger partial charge in [0.1, 0.15) is 0 Å². The van der Waals surface area contributed by atoms with Gasteiger partial charge in [-0.05, 0) is 43.9 Å². The first-order valence-corrected chi connectivity index (χ1v) is 7.28. The molecule has 5 heteroatoms. The van der Waals surface area contributed by atoms with Crippen LogP contribution < -0.4 is 5.32 Å². The first kappa shape index (κ1) is 15.5. The molecule has 1 aliphatic heterocycles. The third-order valence-corrected chi connectivity index (χ3v) is 3.70. The minimum Gasteiger partial charge on any atom is -0.481 e. The number of aryl methyl sites for hydroxylation is 1. The molecule has 0 aromatic heterocycles. The van der Waals surface area contributed by atoms with Crippen molar-refractivity contribution in [1.29, 1.82) is 0 Å². The number of hydrogen-bond acceptors (Lipinski definition) is 3. The van der Waals surface area contributed by atoms with E-state index in [0.29, 0.717) is 13.0 Å². The van der Waals surface area contributed by atoms with Gasteiger partial charge in [-0.3, -0.25) is 9.59 Å². The van der Waals surface area contributed by atoms with E-state index in [1.165, 1.54) is 0 Å². The lowest BCUT2D eigenvalue weighted by atomic mass is 9.95. The van der Waals surface area contributed by atoms with E-state index in [1.54, 1.807) is 0 Å². The van der Waals surface area contributed by atoms with Gasteiger partial charge in [0.05, 0.1) is 6.10 Å². The van der Waals surface area contributed by atoms with E-state index in [9.17, 15) is 9.59 Å². The van der Waals surface area contributed by atoms with Crippen LogP contribution in [0, 0.1) is 5.92 Å². The van der Waals surface area contributed by atoms with Gasteiger partial charge in [-0.15, -0.1) is 0 Å². The Bertz CT molecular complexity index is 498. The van der Waals surface area contributed by atoms with Gasteiger partial charge in [0.2, 0.25) is 5.91 Å². The highest BCUT2D eigenvalue weighted by Gasteiger charge is 2.25.